The number of hydrogen-bond donors (Lipinski definition) is 1. The first kappa shape index (κ1) is 31.4. The Morgan fingerprint density at radius 1 is 1.08 bits per heavy atom. The number of nitrogens with one attached hydrogen (secondary N) is 1. The van der Waals surface area contributed by atoms with Gasteiger partial charge in [-0.05, 0) is 63.8 Å². The van der Waals surface area contributed by atoms with Crippen LogP contribution in [0.1, 0.15) is 52.5 Å². The molecule has 0 aromatic heterocycles. The minimum atomic E-state index is -3.63. The first-order valence-corrected chi connectivity index (χ1v) is 15.0. The van der Waals surface area contributed by atoms with Crippen molar-refractivity contribution in [3.8, 4) is 5.75 Å². The van der Waals surface area contributed by atoms with Crippen LogP contribution in [0.2, 0.25) is 5.02 Å². The number of carbonyl (C=O) groups excluding carboxylic acids is 2. The van der Waals surface area contributed by atoms with Crippen molar-refractivity contribution in [1.29, 1.82) is 0 Å². The summed E-state index contributed by atoms with van der Waals surface area (Å²) in [6.45, 7) is 8.05. The normalized spacial score (nSPS) is 12.5. The highest BCUT2D eigenvalue weighted by Gasteiger charge is 2.30. The summed E-state index contributed by atoms with van der Waals surface area (Å²) in [6.07, 6.45) is 2.54. The zero-order chi connectivity index (χ0) is 28.5. The van der Waals surface area contributed by atoms with Gasteiger partial charge in [0.1, 0.15) is 11.8 Å². The lowest BCUT2D eigenvalue weighted by Gasteiger charge is -2.33. The van der Waals surface area contributed by atoms with Gasteiger partial charge in [0, 0.05) is 25.0 Å². The van der Waals surface area contributed by atoms with Crippen LogP contribution in [0, 0.1) is 0 Å². The second-order valence-corrected chi connectivity index (χ2v) is 12.6. The van der Waals surface area contributed by atoms with E-state index in [2.05, 4.69) is 5.32 Å². The van der Waals surface area contributed by atoms with Gasteiger partial charge in [-0.3, -0.25) is 13.9 Å². The van der Waals surface area contributed by atoms with E-state index in [1.807, 2.05) is 58.0 Å². The van der Waals surface area contributed by atoms with Crippen LogP contribution in [-0.2, 0) is 26.0 Å². The van der Waals surface area contributed by atoms with E-state index in [4.69, 9.17) is 16.3 Å². The Bertz CT molecular complexity index is 1180. The minimum Gasteiger partial charge on any atom is -0.495 e. The number of benzene rings is 2. The molecule has 2 aromatic carbocycles. The number of carbonyl (C=O) groups is 2. The van der Waals surface area contributed by atoms with Crippen LogP contribution in [0.3, 0.4) is 0 Å². The van der Waals surface area contributed by atoms with Gasteiger partial charge in [-0.15, -0.1) is 0 Å². The van der Waals surface area contributed by atoms with E-state index in [9.17, 15) is 18.0 Å². The van der Waals surface area contributed by atoms with E-state index in [1.54, 1.807) is 17.0 Å². The Kier molecular flexibility index (Phi) is 11.5. The number of anilines is 1. The van der Waals surface area contributed by atoms with Gasteiger partial charge in [0.15, 0.2) is 0 Å². The summed E-state index contributed by atoms with van der Waals surface area (Å²) in [4.78, 5) is 28.2. The standard InChI is InChI=1S/C28H40ClN3O5S/c1-7-24(27(34)30-28(2,3)4)31(19-17-21-12-9-8-10-13-21)26(33)14-11-18-32(38(6,35)36)22-15-16-25(37-5)23(29)20-22/h8-10,12-13,15-16,20,24H,7,11,14,17-19H2,1-6H3,(H,30,34)/t24-/m0/s1. The molecule has 2 aromatic rings. The van der Waals surface area contributed by atoms with Crippen LogP contribution in [0.4, 0.5) is 5.69 Å². The monoisotopic (exact) mass is 565 g/mol. The molecule has 8 nitrogen and oxygen atoms in total. The highest BCUT2D eigenvalue weighted by atomic mass is 35.5. The van der Waals surface area contributed by atoms with E-state index < -0.39 is 21.6 Å². The molecule has 0 aliphatic heterocycles. The SMILES string of the molecule is CC[C@@H](C(=O)NC(C)(C)C)N(CCc1ccccc1)C(=O)CCCN(c1ccc(OC)c(Cl)c1)S(C)(=O)=O. The molecule has 38 heavy (non-hydrogen) atoms. The Morgan fingerprint density at radius 3 is 2.26 bits per heavy atom. The van der Waals surface area contributed by atoms with Crippen LogP contribution >= 0.6 is 11.6 Å². The first-order chi connectivity index (χ1) is 17.8. The molecule has 0 spiro atoms. The molecule has 1 atom stereocenters. The number of ether oxygens (including phenoxy) is 1. The van der Waals surface area contributed by atoms with Gasteiger partial charge in [0.2, 0.25) is 21.8 Å². The maximum absolute atomic E-state index is 13.5. The molecule has 2 rings (SSSR count). The van der Waals surface area contributed by atoms with Crippen molar-refractivity contribution in [1.82, 2.24) is 10.2 Å². The Balaban J connectivity index is 2.20. The van der Waals surface area contributed by atoms with Crippen LogP contribution in [-0.4, -0.2) is 63.2 Å². The molecule has 210 valence electrons. The fourth-order valence-electron chi connectivity index (χ4n) is 4.16. The molecule has 0 aliphatic carbocycles. The summed E-state index contributed by atoms with van der Waals surface area (Å²) in [5, 5.41) is 3.28. The summed E-state index contributed by atoms with van der Waals surface area (Å²) in [5.74, 6) is 0.0392. The summed E-state index contributed by atoms with van der Waals surface area (Å²) in [6, 6.07) is 13.9. The number of amides is 2. The predicted molar refractivity (Wildman–Crippen MR) is 153 cm³/mol. The van der Waals surface area contributed by atoms with Crippen molar-refractivity contribution in [2.75, 3.05) is 30.8 Å². The van der Waals surface area contributed by atoms with E-state index in [1.165, 1.54) is 17.5 Å². The molecular weight excluding hydrogens is 526 g/mol. The van der Waals surface area contributed by atoms with Crippen LogP contribution in [0.15, 0.2) is 48.5 Å². The van der Waals surface area contributed by atoms with E-state index in [0.717, 1.165) is 11.8 Å². The molecule has 0 bridgehead atoms. The molecule has 0 aliphatic rings. The van der Waals surface area contributed by atoms with Gasteiger partial charge in [-0.2, -0.15) is 0 Å². The maximum atomic E-state index is 13.5. The molecule has 0 radical (unpaired) electrons. The summed E-state index contributed by atoms with van der Waals surface area (Å²) in [5.41, 5.74) is 1.02. The second-order valence-electron chi connectivity index (χ2n) is 10.2. The topological polar surface area (TPSA) is 96.0 Å². The van der Waals surface area contributed by atoms with Crippen molar-refractivity contribution in [3.63, 3.8) is 0 Å². The molecule has 0 saturated carbocycles. The number of sulfonamides is 1. The Hall–Kier alpha value is -2.78. The number of halogens is 1. The number of methoxy groups -OCH3 is 1. The lowest BCUT2D eigenvalue weighted by atomic mass is 10.0. The Morgan fingerprint density at radius 2 is 1.74 bits per heavy atom. The van der Waals surface area contributed by atoms with Crippen molar-refractivity contribution in [2.45, 2.75) is 65.0 Å². The fourth-order valence-corrected chi connectivity index (χ4v) is 5.37. The molecule has 0 fully saturated rings. The zero-order valence-corrected chi connectivity index (χ0v) is 24.7. The van der Waals surface area contributed by atoms with Crippen LogP contribution < -0.4 is 14.4 Å². The summed E-state index contributed by atoms with van der Waals surface area (Å²) in [7, 11) is -2.15. The Labute approximate surface area is 232 Å². The molecule has 0 unspecified atom stereocenters. The van der Waals surface area contributed by atoms with Gasteiger partial charge in [0.05, 0.1) is 24.1 Å². The smallest absolute Gasteiger partial charge is 0.243 e. The van der Waals surface area contributed by atoms with Crippen LogP contribution in [0.25, 0.3) is 0 Å². The maximum Gasteiger partial charge on any atom is 0.243 e. The van der Waals surface area contributed by atoms with Crippen molar-refractivity contribution < 1.29 is 22.7 Å². The van der Waals surface area contributed by atoms with Crippen LogP contribution in [0.5, 0.6) is 5.75 Å². The predicted octanol–water partition coefficient (Wildman–Crippen LogP) is 4.66. The molecule has 1 N–H and O–H groups in total. The summed E-state index contributed by atoms with van der Waals surface area (Å²) < 4.78 is 31.5. The lowest BCUT2D eigenvalue weighted by molar-refractivity contribution is -0.141. The number of hydrogen-bond acceptors (Lipinski definition) is 5. The highest BCUT2D eigenvalue weighted by Crippen LogP contribution is 2.30. The summed E-state index contributed by atoms with van der Waals surface area (Å²) >= 11 is 6.22. The van der Waals surface area contributed by atoms with E-state index >= 15 is 0 Å². The van der Waals surface area contributed by atoms with Crippen molar-refractivity contribution in [3.05, 3.63) is 59.1 Å². The second kappa shape index (κ2) is 13.8. The number of rotatable bonds is 13. The third-order valence-electron chi connectivity index (χ3n) is 5.94. The first-order valence-electron chi connectivity index (χ1n) is 12.7. The third-order valence-corrected chi connectivity index (χ3v) is 7.43. The third kappa shape index (κ3) is 9.51. The van der Waals surface area contributed by atoms with E-state index in [0.29, 0.717) is 30.8 Å². The quantitative estimate of drug-likeness (QED) is 0.381. The fraction of sp³-hybridized carbons (Fsp3) is 0.500. The molecule has 0 saturated heterocycles. The lowest BCUT2D eigenvalue weighted by Crippen LogP contribution is -2.54. The van der Waals surface area contributed by atoms with Crippen molar-refractivity contribution >= 4 is 39.1 Å². The average Bonchev–Trinajstić information content (AvgIpc) is 2.83. The van der Waals surface area contributed by atoms with Gasteiger partial charge < -0.3 is 15.0 Å². The average molecular weight is 566 g/mol. The van der Waals surface area contributed by atoms with Gasteiger partial charge in [-0.1, -0.05) is 48.9 Å². The zero-order valence-electron chi connectivity index (χ0n) is 23.2. The van der Waals surface area contributed by atoms with E-state index in [-0.39, 0.29) is 36.2 Å². The van der Waals surface area contributed by atoms with Gasteiger partial charge in [-0.25, -0.2) is 8.42 Å². The molecular formula is C28H40ClN3O5S. The molecule has 0 heterocycles. The molecule has 10 heteroatoms. The highest BCUT2D eigenvalue weighted by molar-refractivity contribution is 7.92. The van der Waals surface area contributed by atoms with Gasteiger partial charge in [0.25, 0.3) is 0 Å². The van der Waals surface area contributed by atoms with Gasteiger partial charge >= 0.3 is 0 Å². The number of nitrogens with zero attached hydrogens (tertiary/aromatic N) is 2. The minimum absolute atomic E-state index is 0.0873. The van der Waals surface area contributed by atoms with Crippen molar-refractivity contribution in [2.24, 2.45) is 0 Å². The largest absolute Gasteiger partial charge is 0.495 e. The molecule has 2 amide bonds.